The van der Waals surface area contributed by atoms with Crippen molar-refractivity contribution in [3.8, 4) is 0 Å². The largest absolute Gasteiger partial charge is 0.469 e. The fraction of sp³-hybridized carbons (Fsp3) is 0.690. The Balaban J connectivity index is 2.08. The lowest BCUT2D eigenvalue weighted by Gasteiger charge is -2.56. The molecule has 2 aliphatic heterocycles. The van der Waals surface area contributed by atoms with Gasteiger partial charge in [0.1, 0.15) is 6.10 Å². The highest BCUT2D eigenvalue weighted by molar-refractivity contribution is 5.70. The summed E-state index contributed by atoms with van der Waals surface area (Å²) in [6.07, 6.45) is 19.2. The van der Waals surface area contributed by atoms with Crippen molar-refractivity contribution >= 4 is 5.97 Å². The topological polar surface area (TPSA) is 124 Å². The van der Waals surface area contributed by atoms with E-state index in [1.54, 1.807) is 20.3 Å². The van der Waals surface area contributed by atoms with Crippen molar-refractivity contribution < 1.29 is 43.8 Å². The highest BCUT2D eigenvalue weighted by atomic mass is 16.7. The van der Waals surface area contributed by atoms with Crippen molar-refractivity contribution in [2.75, 3.05) is 21.3 Å². The normalized spacial score (nSPS) is 32.2. The summed E-state index contributed by atoms with van der Waals surface area (Å²) in [5.41, 5.74) is 1.23. The second-order valence-electron chi connectivity index (χ2n) is 14.9. The number of aliphatic hydroxyl groups excluding tert-OH is 3. The smallest absolute Gasteiger partial charge is 0.308 e. The molecule has 0 aromatic rings. The minimum absolute atomic E-state index is 0.0122. The molecule has 0 amide bonds. The molecule has 0 aliphatic carbocycles. The van der Waals surface area contributed by atoms with E-state index in [-0.39, 0.29) is 66.2 Å². The minimum atomic E-state index is -1.30. The molecule has 9 heteroatoms. The second kappa shape index (κ2) is 22.0. The molecular formula is C42H68O9. The fourth-order valence-electron chi connectivity index (χ4n) is 7.49. The van der Waals surface area contributed by atoms with Crippen molar-refractivity contribution in [1.29, 1.82) is 0 Å². The van der Waals surface area contributed by atoms with Gasteiger partial charge in [0.15, 0.2) is 5.79 Å². The fourth-order valence-corrected chi connectivity index (χ4v) is 7.49. The van der Waals surface area contributed by atoms with Gasteiger partial charge in [0.25, 0.3) is 0 Å². The van der Waals surface area contributed by atoms with Crippen LogP contribution in [0, 0.1) is 35.5 Å². The Kier molecular flexibility index (Phi) is 19.3. The standard InChI is InChI=1S/C42H68O9/c1-12-27(2)23-29(4)39(46)33(8)41-31(6)35(48-10)26-42(51-41)36(43)24-30(5)40(50-42)32(7)38(45)28(3)21-19-17-15-13-14-16-18-20-22-34(47-9)25-37(44)49-11/h12-22,28-36,38-41,43,45-46H,23-26H2,1-11H3/b14-13-,17-15+,18-16+,21-19-,22-20-,27-12+/t28-,29-,30-,31+,32-,33+,34+,35+,36-,38-,39-,40-,41-,42+/m0/s1. The molecule has 2 saturated heterocycles. The Morgan fingerprint density at radius 3 is 1.94 bits per heavy atom. The van der Waals surface area contributed by atoms with Gasteiger partial charge in [0.2, 0.25) is 0 Å². The highest BCUT2D eigenvalue weighted by Gasteiger charge is 2.57. The van der Waals surface area contributed by atoms with Crippen LogP contribution in [0.25, 0.3) is 0 Å². The zero-order chi connectivity index (χ0) is 38.3. The second-order valence-corrected chi connectivity index (χ2v) is 14.9. The molecule has 0 radical (unpaired) electrons. The summed E-state index contributed by atoms with van der Waals surface area (Å²) in [6, 6.07) is 0. The van der Waals surface area contributed by atoms with Crippen LogP contribution < -0.4 is 0 Å². The highest BCUT2D eigenvalue weighted by Crippen LogP contribution is 2.47. The van der Waals surface area contributed by atoms with E-state index in [4.69, 9.17) is 18.9 Å². The van der Waals surface area contributed by atoms with Crippen LogP contribution in [0.15, 0.2) is 72.4 Å². The number of esters is 1. The number of hydrogen-bond donors (Lipinski definition) is 3. The number of ether oxygens (including phenoxy) is 5. The molecule has 9 nitrogen and oxygen atoms in total. The van der Waals surface area contributed by atoms with Gasteiger partial charge in [-0.05, 0) is 38.5 Å². The molecule has 0 aromatic heterocycles. The van der Waals surface area contributed by atoms with Crippen LogP contribution in [0.2, 0.25) is 0 Å². The lowest BCUT2D eigenvalue weighted by atomic mass is 9.74. The summed E-state index contributed by atoms with van der Waals surface area (Å²) >= 11 is 0. The van der Waals surface area contributed by atoms with Crippen LogP contribution in [0.1, 0.15) is 81.1 Å². The zero-order valence-electron chi connectivity index (χ0n) is 33.0. The first-order valence-corrected chi connectivity index (χ1v) is 18.6. The SMILES string of the molecule is C/C=C(\C)C[C@H](C)[C@H](O)[C@@H](C)[C@H]1O[C@@]2(C[C@@H](OC)[C@H]1C)O[C@H]([C@@H](C)[C@@H](O)[C@@H](C)\C=C/C=C/C=C\C=C\C=C/[C@H](CC(=O)OC)OC)[C@@H](C)C[C@@H]2O. The van der Waals surface area contributed by atoms with E-state index in [1.807, 2.05) is 82.4 Å². The number of methoxy groups -OCH3 is 3. The van der Waals surface area contributed by atoms with Crippen molar-refractivity contribution in [2.45, 2.75) is 130 Å². The Labute approximate surface area is 308 Å². The molecule has 2 rings (SSSR count). The molecule has 2 heterocycles. The molecule has 51 heavy (non-hydrogen) atoms. The maximum absolute atomic E-state index is 11.5. The third-order valence-electron chi connectivity index (χ3n) is 11.0. The van der Waals surface area contributed by atoms with Crippen LogP contribution in [-0.4, -0.2) is 91.1 Å². The summed E-state index contributed by atoms with van der Waals surface area (Å²) < 4.78 is 29.5. The summed E-state index contributed by atoms with van der Waals surface area (Å²) in [4.78, 5) is 11.4. The van der Waals surface area contributed by atoms with Gasteiger partial charge in [-0.3, -0.25) is 4.79 Å². The van der Waals surface area contributed by atoms with Gasteiger partial charge in [0.05, 0.1) is 50.2 Å². The quantitative estimate of drug-likeness (QED) is 0.0791. The molecule has 0 bridgehead atoms. The number of carbonyl (C=O) groups is 1. The molecule has 0 unspecified atom stereocenters. The lowest BCUT2D eigenvalue weighted by Crippen LogP contribution is -2.65. The number of aliphatic hydroxyl groups is 3. The molecule has 0 saturated carbocycles. The molecule has 290 valence electrons. The van der Waals surface area contributed by atoms with Gasteiger partial charge >= 0.3 is 5.97 Å². The van der Waals surface area contributed by atoms with Gasteiger partial charge in [-0.25, -0.2) is 0 Å². The van der Waals surface area contributed by atoms with Crippen LogP contribution in [-0.2, 0) is 28.5 Å². The molecule has 2 fully saturated rings. The minimum Gasteiger partial charge on any atom is -0.469 e. The third kappa shape index (κ3) is 12.9. The molecule has 14 atom stereocenters. The van der Waals surface area contributed by atoms with Crippen molar-refractivity contribution in [1.82, 2.24) is 0 Å². The van der Waals surface area contributed by atoms with E-state index in [1.165, 1.54) is 12.7 Å². The van der Waals surface area contributed by atoms with E-state index in [9.17, 15) is 20.1 Å². The first kappa shape index (κ1) is 44.8. The predicted molar refractivity (Wildman–Crippen MR) is 203 cm³/mol. The Bertz CT molecular complexity index is 1220. The van der Waals surface area contributed by atoms with Gasteiger partial charge in [-0.2, -0.15) is 0 Å². The average Bonchev–Trinajstić information content (AvgIpc) is 3.12. The molecule has 0 aromatic carbocycles. The monoisotopic (exact) mass is 716 g/mol. The zero-order valence-corrected chi connectivity index (χ0v) is 33.0. The maximum Gasteiger partial charge on any atom is 0.308 e. The van der Waals surface area contributed by atoms with E-state index in [2.05, 4.69) is 38.5 Å². The predicted octanol–water partition coefficient (Wildman–Crippen LogP) is 6.89. The molecule has 2 aliphatic rings. The number of allylic oxidation sites excluding steroid dienone is 10. The summed E-state index contributed by atoms with van der Waals surface area (Å²) in [6.45, 7) is 16.3. The summed E-state index contributed by atoms with van der Waals surface area (Å²) in [7, 11) is 4.58. The Hall–Kier alpha value is -2.37. The summed E-state index contributed by atoms with van der Waals surface area (Å²) in [5, 5.41) is 34.4. The van der Waals surface area contributed by atoms with E-state index in [0.29, 0.717) is 12.8 Å². The molecular weight excluding hydrogens is 648 g/mol. The van der Waals surface area contributed by atoms with Gasteiger partial charge in [-0.15, -0.1) is 0 Å². The first-order valence-electron chi connectivity index (χ1n) is 18.6. The lowest BCUT2D eigenvalue weighted by molar-refractivity contribution is -0.391. The molecule has 3 N–H and O–H groups in total. The van der Waals surface area contributed by atoms with Crippen LogP contribution in [0.3, 0.4) is 0 Å². The average molecular weight is 717 g/mol. The Morgan fingerprint density at radius 1 is 0.843 bits per heavy atom. The number of hydrogen-bond acceptors (Lipinski definition) is 9. The first-order chi connectivity index (χ1) is 24.2. The maximum atomic E-state index is 11.5. The number of carbonyl (C=O) groups excluding carboxylic acids is 1. The molecule has 1 spiro atoms. The van der Waals surface area contributed by atoms with Gasteiger partial charge < -0.3 is 39.0 Å². The van der Waals surface area contributed by atoms with E-state index in [0.717, 1.165) is 6.42 Å². The van der Waals surface area contributed by atoms with E-state index >= 15 is 0 Å². The third-order valence-corrected chi connectivity index (χ3v) is 11.0. The summed E-state index contributed by atoms with van der Waals surface area (Å²) in [5.74, 6) is -2.24. The van der Waals surface area contributed by atoms with Crippen molar-refractivity contribution in [2.24, 2.45) is 35.5 Å². The van der Waals surface area contributed by atoms with E-state index < -0.39 is 30.2 Å². The number of rotatable bonds is 18. The van der Waals surface area contributed by atoms with Crippen molar-refractivity contribution in [3.05, 3.63) is 72.4 Å². The van der Waals surface area contributed by atoms with Crippen LogP contribution in [0.5, 0.6) is 0 Å². The van der Waals surface area contributed by atoms with Crippen molar-refractivity contribution in [3.63, 3.8) is 0 Å². The van der Waals surface area contributed by atoms with Crippen LogP contribution >= 0.6 is 0 Å². The van der Waals surface area contributed by atoms with Gasteiger partial charge in [-0.1, -0.05) is 114 Å². The van der Waals surface area contributed by atoms with Crippen LogP contribution in [0.4, 0.5) is 0 Å². The van der Waals surface area contributed by atoms with Gasteiger partial charge in [0, 0.05) is 44.3 Å². The Morgan fingerprint density at radius 2 is 1.39 bits per heavy atom.